The summed E-state index contributed by atoms with van der Waals surface area (Å²) in [4.78, 5) is 21.6. The molecule has 0 atom stereocenters. The van der Waals surface area contributed by atoms with Gasteiger partial charge in [-0.3, -0.25) is 4.79 Å². The number of benzene rings is 2. The van der Waals surface area contributed by atoms with Gasteiger partial charge in [-0.15, -0.1) is 0 Å². The highest BCUT2D eigenvalue weighted by Crippen LogP contribution is 2.19. The summed E-state index contributed by atoms with van der Waals surface area (Å²) in [6.45, 7) is 2.81. The van der Waals surface area contributed by atoms with E-state index in [9.17, 15) is 4.79 Å². The summed E-state index contributed by atoms with van der Waals surface area (Å²) >= 11 is 0. The Labute approximate surface area is 157 Å². The van der Waals surface area contributed by atoms with Gasteiger partial charge in [-0.05, 0) is 30.7 Å². The standard InChI is InChI=1S/C21H19N5O/c1-2-12-23-19-13-18(25-20(26-19)16-6-4-3-5-7-16)21(27)24-17-10-8-15(14-22)9-11-17/h3-11,13H,2,12H2,1H3,(H,24,27)(H,23,25,26). The van der Waals surface area contributed by atoms with E-state index in [1.807, 2.05) is 30.3 Å². The van der Waals surface area contributed by atoms with Crippen molar-refractivity contribution in [3.8, 4) is 17.5 Å². The van der Waals surface area contributed by atoms with Crippen LogP contribution in [-0.2, 0) is 0 Å². The van der Waals surface area contributed by atoms with E-state index in [1.54, 1.807) is 30.3 Å². The Bertz CT molecular complexity index is 962. The lowest BCUT2D eigenvalue weighted by Gasteiger charge is -2.10. The van der Waals surface area contributed by atoms with Crippen molar-refractivity contribution in [2.45, 2.75) is 13.3 Å². The van der Waals surface area contributed by atoms with Gasteiger partial charge in [-0.1, -0.05) is 37.3 Å². The smallest absolute Gasteiger partial charge is 0.274 e. The van der Waals surface area contributed by atoms with E-state index in [0.717, 1.165) is 18.5 Å². The second-order valence-corrected chi connectivity index (χ2v) is 5.90. The van der Waals surface area contributed by atoms with Crippen LogP contribution in [0, 0.1) is 11.3 Å². The number of rotatable bonds is 6. The van der Waals surface area contributed by atoms with Gasteiger partial charge in [0.15, 0.2) is 5.82 Å². The predicted molar refractivity (Wildman–Crippen MR) is 105 cm³/mol. The molecule has 0 aliphatic carbocycles. The van der Waals surface area contributed by atoms with Gasteiger partial charge in [0.1, 0.15) is 11.5 Å². The molecule has 3 aromatic rings. The first-order chi connectivity index (χ1) is 13.2. The first-order valence-corrected chi connectivity index (χ1v) is 8.69. The molecule has 0 bridgehead atoms. The molecule has 1 aromatic heterocycles. The van der Waals surface area contributed by atoms with E-state index in [-0.39, 0.29) is 11.6 Å². The lowest BCUT2D eigenvalue weighted by Crippen LogP contribution is -2.16. The van der Waals surface area contributed by atoms with E-state index < -0.39 is 0 Å². The number of anilines is 2. The highest BCUT2D eigenvalue weighted by molar-refractivity contribution is 6.03. The molecule has 1 amide bonds. The van der Waals surface area contributed by atoms with Gasteiger partial charge in [0.05, 0.1) is 11.6 Å². The van der Waals surface area contributed by atoms with Gasteiger partial charge < -0.3 is 10.6 Å². The topological polar surface area (TPSA) is 90.7 Å². The number of nitrogens with zero attached hydrogens (tertiary/aromatic N) is 3. The minimum atomic E-state index is -0.334. The summed E-state index contributed by atoms with van der Waals surface area (Å²) in [7, 11) is 0. The second kappa shape index (κ2) is 8.59. The van der Waals surface area contributed by atoms with Crippen molar-refractivity contribution >= 4 is 17.4 Å². The average Bonchev–Trinajstić information content (AvgIpc) is 2.73. The summed E-state index contributed by atoms with van der Waals surface area (Å²) < 4.78 is 0. The van der Waals surface area contributed by atoms with Gasteiger partial charge in [-0.25, -0.2) is 9.97 Å². The Morgan fingerprint density at radius 3 is 2.48 bits per heavy atom. The third-order valence-corrected chi connectivity index (χ3v) is 3.82. The maximum absolute atomic E-state index is 12.7. The van der Waals surface area contributed by atoms with Crippen molar-refractivity contribution in [3.63, 3.8) is 0 Å². The van der Waals surface area contributed by atoms with Crippen LogP contribution in [0.3, 0.4) is 0 Å². The van der Waals surface area contributed by atoms with E-state index in [4.69, 9.17) is 5.26 Å². The highest BCUT2D eigenvalue weighted by Gasteiger charge is 2.13. The molecule has 6 heteroatoms. The molecule has 6 nitrogen and oxygen atoms in total. The molecule has 2 N–H and O–H groups in total. The third kappa shape index (κ3) is 4.67. The van der Waals surface area contributed by atoms with Crippen LogP contribution in [-0.4, -0.2) is 22.4 Å². The molecule has 0 fully saturated rings. The fourth-order valence-electron chi connectivity index (χ4n) is 2.45. The molecule has 0 saturated carbocycles. The highest BCUT2D eigenvalue weighted by atomic mass is 16.1. The normalized spacial score (nSPS) is 10.1. The third-order valence-electron chi connectivity index (χ3n) is 3.82. The molecule has 1 heterocycles. The van der Waals surface area contributed by atoms with E-state index in [2.05, 4.69) is 33.6 Å². The number of carbonyl (C=O) groups excluding carboxylic acids is 1. The van der Waals surface area contributed by atoms with Crippen LogP contribution in [0.5, 0.6) is 0 Å². The predicted octanol–water partition coefficient (Wildman–Crippen LogP) is 4.09. The Kier molecular flexibility index (Phi) is 5.75. The molecule has 2 aromatic carbocycles. The van der Waals surface area contributed by atoms with Gasteiger partial charge in [0, 0.05) is 23.9 Å². The van der Waals surface area contributed by atoms with Crippen molar-refractivity contribution in [1.82, 2.24) is 9.97 Å². The van der Waals surface area contributed by atoms with Crippen LogP contribution < -0.4 is 10.6 Å². The fraction of sp³-hybridized carbons (Fsp3) is 0.143. The molecule has 0 unspecified atom stereocenters. The number of aromatic nitrogens is 2. The second-order valence-electron chi connectivity index (χ2n) is 5.90. The van der Waals surface area contributed by atoms with Crippen molar-refractivity contribution in [2.75, 3.05) is 17.2 Å². The van der Waals surface area contributed by atoms with Crippen LogP contribution in [0.1, 0.15) is 29.4 Å². The van der Waals surface area contributed by atoms with Crippen LogP contribution in [0.2, 0.25) is 0 Å². The zero-order valence-corrected chi connectivity index (χ0v) is 14.9. The van der Waals surface area contributed by atoms with Crippen LogP contribution in [0.4, 0.5) is 11.5 Å². The van der Waals surface area contributed by atoms with Gasteiger partial charge in [0.2, 0.25) is 0 Å². The Morgan fingerprint density at radius 2 is 1.81 bits per heavy atom. The SMILES string of the molecule is CCCNc1cc(C(=O)Nc2ccc(C#N)cc2)nc(-c2ccccc2)n1. The molecular weight excluding hydrogens is 338 g/mol. The first kappa shape index (κ1) is 18.1. The van der Waals surface area contributed by atoms with Crippen molar-refractivity contribution < 1.29 is 4.79 Å². The molecule has 0 radical (unpaired) electrons. The zero-order chi connectivity index (χ0) is 19.1. The van der Waals surface area contributed by atoms with Crippen LogP contribution in [0.25, 0.3) is 11.4 Å². The van der Waals surface area contributed by atoms with E-state index in [1.165, 1.54) is 0 Å². The minimum absolute atomic E-state index is 0.270. The molecule has 0 spiro atoms. The summed E-state index contributed by atoms with van der Waals surface area (Å²) in [5, 5.41) is 14.9. The van der Waals surface area contributed by atoms with Gasteiger partial charge in [0.25, 0.3) is 5.91 Å². The number of hydrogen-bond donors (Lipinski definition) is 2. The van der Waals surface area contributed by atoms with Crippen molar-refractivity contribution in [3.05, 3.63) is 71.9 Å². The van der Waals surface area contributed by atoms with E-state index >= 15 is 0 Å². The molecule has 0 aliphatic heterocycles. The molecular formula is C21H19N5O. The first-order valence-electron chi connectivity index (χ1n) is 8.69. The van der Waals surface area contributed by atoms with Crippen molar-refractivity contribution in [2.24, 2.45) is 0 Å². The maximum Gasteiger partial charge on any atom is 0.274 e. The number of carbonyl (C=O) groups is 1. The Hall–Kier alpha value is -3.72. The van der Waals surface area contributed by atoms with Gasteiger partial charge >= 0.3 is 0 Å². The van der Waals surface area contributed by atoms with E-state index in [0.29, 0.717) is 22.9 Å². The fourth-order valence-corrected chi connectivity index (χ4v) is 2.45. The quantitative estimate of drug-likeness (QED) is 0.693. The zero-order valence-electron chi connectivity index (χ0n) is 14.9. The average molecular weight is 357 g/mol. The summed E-state index contributed by atoms with van der Waals surface area (Å²) in [5.74, 6) is 0.760. The minimum Gasteiger partial charge on any atom is -0.370 e. The number of nitrogens with one attached hydrogen (secondary N) is 2. The largest absolute Gasteiger partial charge is 0.370 e. The van der Waals surface area contributed by atoms with Crippen LogP contribution >= 0.6 is 0 Å². The molecule has 134 valence electrons. The molecule has 3 rings (SSSR count). The Balaban J connectivity index is 1.90. The number of amides is 1. The summed E-state index contributed by atoms with van der Waals surface area (Å²) in [6.07, 6.45) is 0.942. The number of nitriles is 1. The van der Waals surface area contributed by atoms with Crippen molar-refractivity contribution in [1.29, 1.82) is 5.26 Å². The molecule has 27 heavy (non-hydrogen) atoms. The maximum atomic E-state index is 12.7. The molecule has 0 aliphatic rings. The number of hydrogen-bond acceptors (Lipinski definition) is 5. The molecule has 0 saturated heterocycles. The lowest BCUT2D eigenvalue weighted by molar-refractivity contribution is 0.102. The van der Waals surface area contributed by atoms with Gasteiger partial charge in [-0.2, -0.15) is 5.26 Å². The van der Waals surface area contributed by atoms with Crippen LogP contribution in [0.15, 0.2) is 60.7 Å². The lowest BCUT2D eigenvalue weighted by atomic mass is 10.2. The summed E-state index contributed by atoms with van der Waals surface area (Å²) in [5.41, 5.74) is 2.24. The monoisotopic (exact) mass is 357 g/mol. The summed E-state index contributed by atoms with van der Waals surface area (Å²) in [6, 6.07) is 19.9. The Morgan fingerprint density at radius 1 is 1.07 bits per heavy atom.